The Kier molecular flexibility index (Phi) is 10.7. The van der Waals surface area contributed by atoms with E-state index in [9.17, 15) is 18.0 Å². The maximum atomic E-state index is 14.0. The zero-order valence-electron chi connectivity index (χ0n) is 23.8. The second-order valence-corrected chi connectivity index (χ2v) is 11.9. The largest absolute Gasteiger partial charge is 0.494 e. The van der Waals surface area contributed by atoms with Crippen molar-refractivity contribution in [2.75, 3.05) is 24.0 Å². The van der Waals surface area contributed by atoms with Crippen LogP contribution in [0.25, 0.3) is 0 Å². The monoisotopic (exact) mass is 565 g/mol. The number of ether oxygens (including phenoxy) is 1. The number of aryl methyl sites for hydroxylation is 1. The lowest BCUT2D eigenvalue weighted by atomic mass is 10.1. The number of anilines is 1. The molecule has 0 aliphatic rings. The van der Waals surface area contributed by atoms with Crippen LogP contribution in [-0.2, 0) is 26.2 Å². The van der Waals surface area contributed by atoms with Crippen LogP contribution in [0.5, 0.6) is 5.75 Å². The van der Waals surface area contributed by atoms with Crippen molar-refractivity contribution >= 4 is 27.5 Å². The van der Waals surface area contributed by atoms with Gasteiger partial charge in [0.25, 0.3) is 10.0 Å². The van der Waals surface area contributed by atoms with Crippen LogP contribution in [0.4, 0.5) is 5.69 Å². The van der Waals surface area contributed by atoms with Gasteiger partial charge in [-0.1, -0.05) is 56.3 Å². The first-order valence-electron chi connectivity index (χ1n) is 13.5. The molecule has 0 aromatic heterocycles. The van der Waals surface area contributed by atoms with Gasteiger partial charge in [0.05, 0.1) is 17.2 Å². The molecule has 0 spiro atoms. The molecule has 0 fully saturated rings. The Bertz CT molecular complexity index is 1380. The van der Waals surface area contributed by atoms with Crippen molar-refractivity contribution in [3.8, 4) is 5.75 Å². The summed E-state index contributed by atoms with van der Waals surface area (Å²) >= 11 is 0. The summed E-state index contributed by atoms with van der Waals surface area (Å²) in [4.78, 5) is 28.6. The van der Waals surface area contributed by atoms with Gasteiger partial charge in [-0.25, -0.2) is 8.42 Å². The fourth-order valence-electron chi connectivity index (χ4n) is 4.13. The van der Waals surface area contributed by atoms with Gasteiger partial charge in [0.2, 0.25) is 11.8 Å². The number of hydrogen-bond acceptors (Lipinski definition) is 5. The van der Waals surface area contributed by atoms with E-state index in [4.69, 9.17) is 4.74 Å². The molecule has 0 saturated heterocycles. The van der Waals surface area contributed by atoms with E-state index in [1.165, 1.54) is 17.0 Å². The molecule has 0 unspecified atom stereocenters. The van der Waals surface area contributed by atoms with E-state index in [0.717, 1.165) is 15.4 Å². The summed E-state index contributed by atoms with van der Waals surface area (Å²) in [6, 6.07) is 21.4. The number of nitrogens with zero attached hydrogens (tertiary/aromatic N) is 2. The summed E-state index contributed by atoms with van der Waals surface area (Å²) in [6.45, 7) is 10.1. The molecule has 214 valence electrons. The quantitative estimate of drug-likeness (QED) is 0.322. The summed E-state index contributed by atoms with van der Waals surface area (Å²) < 4.78 is 34.3. The normalized spacial score (nSPS) is 12.1. The predicted octanol–water partition coefficient (Wildman–Crippen LogP) is 4.78. The first kappa shape index (κ1) is 30.7. The van der Waals surface area contributed by atoms with Gasteiger partial charge in [0.1, 0.15) is 18.3 Å². The number of amides is 2. The maximum absolute atomic E-state index is 14.0. The highest BCUT2D eigenvalue weighted by Gasteiger charge is 2.32. The average molecular weight is 566 g/mol. The Morgan fingerprint density at radius 1 is 0.900 bits per heavy atom. The summed E-state index contributed by atoms with van der Waals surface area (Å²) in [7, 11) is -4.11. The number of hydrogen-bond donors (Lipinski definition) is 1. The summed E-state index contributed by atoms with van der Waals surface area (Å²) in [5, 5.41) is 2.90. The number of sulfonamides is 1. The Morgan fingerprint density at radius 3 is 2.12 bits per heavy atom. The SMILES string of the molecule is CCOc1ccc(N(CC(=O)N(Cc2ccccc2C)[C@@H](C)C(=O)NCC(C)C)S(=O)(=O)c2ccccc2)cc1. The zero-order valence-corrected chi connectivity index (χ0v) is 24.6. The van der Waals surface area contributed by atoms with Crippen molar-refractivity contribution in [1.82, 2.24) is 10.2 Å². The van der Waals surface area contributed by atoms with E-state index < -0.39 is 28.5 Å². The van der Waals surface area contributed by atoms with Crippen molar-refractivity contribution in [2.24, 2.45) is 5.92 Å². The van der Waals surface area contributed by atoms with Crippen LogP contribution < -0.4 is 14.4 Å². The molecular weight excluding hydrogens is 526 g/mol. The van der Waals surface area contributed by atoms with Crippen molar-refractivity contribution in [3.63, 3.8) is 0 Å². The summed E-state index contributed by atoms with van der Waals surface area (Å²) in [6.07, 6.45) is 0. The number of carbonyl (C=O) groups is 2. The van der Waals surface area contributed by atoms with E-state index in [1.807, 2.05) is 52.0 Å². The number of benzene rings is 3. The number of carbonyl (C=O) groups excluding carboxylic acids is 2. The fourth-order valence-corrected chi connectivity index (χ4v) is 5.56. The van der Waals surface area contributed by atoms with Crippen molar-refractivity contribution in [2.45, 2.75) is 52.1 Å². The van der Waals surface area contributed by atoms with Gasteiger partial charge in [-0.3, -0.25) is 13.9 Å². The molecular formula is C31H39N3O5S. The first-order chi connectivity index (χ1) is 19.0. The lowest BCUT2D eigenvalue weighted by Crippen LogP contribution is -2.51. The Hall–Kier alpha value is -3.85. The van der Waals surface area contributed by atoms with Crippen LogP contribution >= 0.6 is 0 Å². The minimum absolute atomic E-state index is 0.0601. The van der Waals surface area contributed by atoms with Crippen LogP contribution in [0.15, 0.2) is 83.8 Å². The number of nitrogens with one attached hydrogen (secondary N) is 1. The second-order valence-electron chi connectivity index (χ2n) is 10.0. The van der Waals surface area contributed by atoms with Gasteiger partial charge >= 0.3 is 0 Å². The molecule has 2 amide bonds. The predicted molar refractivity (Wildman–Crippen MR) is 158 cm³/mol. The van der Waals surface area contributed by atoms with E-state index in [0.29, 0.717) is 24.6 Å². The summed E-state index contributed by atoms with van der Waals surface area (Å²) in [5.41, 5.74) is 2.15. The van der Waals surface area contributed by atoms with E-state index >= 15 is 0 Å². The summed E-state index contributed by atoms with van der Waals surface area (Å²) in [5.74, 6) is 0.0344. The highest BCUT2D eigenvalue weighted by Crippen LogP contribution is 2.26. The molecule has 1 atom stereocenters. The second kappa shape index (κ2) is 14.0. The average Bonchev–Trinajstić information content (AvgIpc) is 2.94. The van der Waals surface area contributed by atoms with E-state index in [1.54, 1.807) is 49.4 Å². The first-order valence-corrected chi connectivity index (χ1v) is 14.9. The standard InChI is InChI=1S/C31H39N3O5S/c1-6-39-28-18-16-27(17-19-28)34(40(37,38)29-14-8-7-9-15-29)22-30(35)33(21-26-13-11-10-12-24(26)4)25(5)31(36)32-20-23(2)3/h7-19,23,25H,6,20-22H2,1-5H3,(H,32,36)/t25-/m0/s1. The van der Waals surface area contributed by atoms with Crippen LogP contribution in [0.1, 0.15) is 38.8 Å². The molecule has 0 aliphatic heterocycles. The molecule has 0 saturated carbocycles. The topological polar surface area (TPSA) is 96.0 Å². The highest BCUT2D eigenvalue weighted by atomic mass is 32.2. The van der Waals surface area contributed by atoms with Crippen molar-refractivity contribution < 1.29 is 22.7 Å². The van der Waals surface area contributed by atoms with Crippen LogP contribution in [0.2, 0.25) is 0 Å². The lowest BCUT2D eigenvalue weighted by molar-refractivity contribution is -0.139. The van der Waals surface area contributed by atoms with Crippen molar-refractivity contribution in [3.05, 3.63) is 90.0 Å². The molecule has 0 radical (unpaired) electrons. The molecule has 40 heavy (non-hydrogen) atoms. The Labute approximate surface area is 238 Å². The van der Waals surface area contributed by atoms with Gasteiger partial charge < -0.3 is 15.0 Å². The minimum Gasteiger partial charge on any atom is -0.494 e. The number of rotatable bonds is 13. The van der Waals surface area contributed by atoms with Crippen molar-refractivity contribution in [1.29, 1.82) is 0 Å². The smallest absolute Gasteiger partial charge is 0.264 e. The minimum atomic E-state index is -4.11. The molecule has 8 nitrogen and oxygen atoms in total. The molecule has 9 heteroatoms. The third-order valence-electron chi connectivity index (χ3n) is 6.50. The zero-order chi connectivity index (χ0) is 29.3. The molecule has 0 aliphatic carbocycles. The van der Waals surface area contributed by atoms with Crippen LogP contribution in [0, 0.1) is 12.8 Å². The third kappa shape index (κ3) is 7.85. The van der Waals surface area contributed by atoms with Crippen LogP contribution in [-0.4, -0.2) is 50.9 Å². The third-order valence-corrected chi connectivity index (χ3v) is 8.29. The van der Waals surface area contributed by atoms with Gasteiger partial charge in [-0.15, -0.1) is 0 Å². The molecule has 3 aromatic rings. The van der Waals surface area contributed by atoms with Gasteiger partial charge in [-0.05, 0) is 74.2 Å². The highest BCUT2D eigenvalue weighted by molar-refractivity contribution is 7.92. The molecule has 3 rings (SSSR count). The van der Waals surface area contributed by atoms with Gasteiger partial charge in [-0.2, -0.15) is 0 Å². The van der Waals surface area contributed by atoms with Crippen LogP contribution in [0.3, 0.4) is 0 Å². The molecule has 0 heterocycles. The van der Waals surface area contributed by atoms with Gasteiger partial charge in [0, 0.05) is 13.1 Å². The maximum Gasteiger partial charge on any atom is 0.264 e. The van der Waals surface area contributed by atoms with E-state index in [-0.39, 0.29) is 23.3 Å². The molecule has 1 N–H and O–H groups in total. The molecule has 0 bridgehead atoms. The van der Waals surface area contributed by atoms with Gasteiger partial charge in [0.15, 0.2) is 0 Å². The lowest BCUT2D eigenvalue weighted by Gasteiger charge is -2.32. The fraction of sp³-hybridized carbons (Fsp3) is 0.355. The Balaban J connectivity index is 2.01. The Morgan fingerprint density at radius 2 is 1.52 bits per heavy atom. The van der Waals surface area contributed by atoms with E-state index in [2.05, 4.69) is 5.32 Å². The molecule has 3 aromatic carbocycles.